The van der Waals surface area contributed by atoms with Crippen LogP contribution in [-0.2, 0) is 33.3 Å². The molecular formula is C27H32Br2ClN3O4S. The second-order valence-electron chi connectivity index (χ2n) is 10.8. The Kier molecular flexibility index (Phi) is 8.31. The Morgan fingerprint density at radius 3 is 2.39 bits per heavy atom. The zero-order valence-electron chi connectivity index (χ0n) is 21.3. The molecule has 1 aromatic carbocycles. The number of halogens is 3. The third-order valence-corrected chi connectivity index (χ3v) is 11.0. The van der Waals surface area contributed by atoms with Crippen LogP contribution >= 0.6 is 43.5 Å². The molecule has 5 rings (SSSR count). The van der Waals surface area contributed by atoms with Gasteiger partial charge in [0.1, 0.15) is 5.60 Å². The summed E-state index contributed by atoms with van der Waals surface area (Å²) in [5.41, 5.74) is 2.24. The lowest BCUT2D eigenvalue weighted by Crippen LogP contribution is -2.47. The zero-order chi connectivity index (χ0) is 27.2. The monoisotopic (exact) mass is 687 g/mol. The molecule has 3 aliphatic rings. The van der Waals surface area contributed by atoms with Crippen LogP contribution in [-0.4, -0.2) is 66.1 Å². The van der Waals surface area contributed by atoms with E-state index in [1.165, 1.54) is 10.6 Å². The number of aryl methyl sites for hydroxylation is 2. The van der Waals surface area contributed by atoms with Crippen LogP contribution in [0, 0.1) is 11.8 Å². The molecular weight excluding hydrogens is 658 g/mol. The highest BCUT2D eigenvalue weighted by Gasteiger charge is 2.48. The summed E-state index contributed by atoms with van der Waals surface area (Å²) in [6.07, 6.45) is 7.64. The van der Waals surface area contributed by atoms with Crippen molar-refractivity contribution in [2.24, 2.45) is 11.8 Å². The van der Waals surface area contributed by atoms with E-state index in [0.29, 0.717) is 69.0 Å². The predicted octanol–water partition coefficient (Wildman–Crippen LogP) is 4.89. The van der Waals surface area contributed by atoms with E-state index in [4.69, 9.17) is 16.6 Å². The van der Waals surface area contributed by atoms with Crippen LogP contribution in [0.3, 0.4) is 0 Å². The summed E-state index contributed by atoms with van der Waals surface area (Å²) >= 11 is 13.6. The van der Waals surface area contributed by atoms with E-state index in [1.807, 2.05) is 23.1 Å². The number of fused-ring (bicyclic) bond motifs is 2. The summed E-state index contributed by atoms with van der Waals surface area (Å²) < 4.78 is 26.7. The number of hydrogen-bond acceptors (Lipinski definition) is 5. The molecule has 1 aromatic heterocycles. The average Bonchev–Trinajstić information content (AvgIpc) is 2.98. The first-order valence-electron chi connectivity index (χ1n) is 13.1. The van der Waals surface area contributed by atoms with Gasteiger partial charge in [-0.3, -0.25) is 9.78 Å². The first kappa shape index (κ1) is 28.5. The Morgan fingerprint density at radius 1 is 1.08 bits per heavy atom. The lowest BCUT2D eigenvalue weighted by molar-refractivity contribution is -0.135. The van der Waals surface area contributed by atoms with Crippen LogP contribution in [0.25, 0.3) is 0 Å². The highest BCUT2D eigenvalue weighted by atomic mass is 79.9. The van der Waals surface area contributed by atoms with Gasteiger partial charge >= 0.3 is 0 Å². The van der Waals surface area contributed by atoms with Crippen LogP contribution in [0.2, 0.25) is 5.02 Å². The predicted molar refractivity (Wildman–Crippen MR) is 155 cm³/mol. The van der Waals surface area contributed by atoms with Gasteiger partial charge in [-0.2, -0.15) is 0 Å². The number of aromatic nitrogens is 1. The SMILES string of the molecule is CS(=O)(=O)N1CCC(CC(=O)N2CCC(C3(O)c4ncc(Br)cc4CCc4cc(Cl)cc(Br)c43)CC2)CC1. The molecule has 206 valence electrons. The molecule has 1 amide bonds. The van der Waals surface area contributed by atoms with Crippen LogP contribution in [0.4, 0.5) is 0 Å². The Hall–Kier alpha value is -1.04. The molecule has 0 radical (unpaired) electrons. The van der Waals surface area contributed by atoms with Crippen molar-refractivity contribution in [1.82, 2.24) is 14.2 Å². The first-order valence-corrected chi connectivity index (χ1v) is 16.9. The van der Waals surface area contributed by atoms with E-state index in [0.717, 1.165) is 38.5 Å². The lowest BCUT2D eigenvalue weighted by atomic mass is 9.72. The number of hydrogen-bond donors (Lipinski definition) is 1. The van der Waals surface area contributed by atoms with E-state index in [9.17, 15) is 18.3 Å². The molecule has 1 unspecified atom stereocenters. The standard InChI is InChI=1S/C27H32Br2ClN3O4S/c1-38(36,37)33-10-4-17(5-11-33)12-24(34)32-8-6-20(7-9-32)27(35)25-18(14-22(30)15-23(25)29)2-3-19-13-21(28)16-31-26(19)27/h13-17,20,35H,2-12H2,1H3. The number of amides is 1. The molecule has 7 nitrogen and oxygen atoms in total. The molecule has 3 heterocycles. The Balaban J connectivity index is 1.34. The maximum absolute atomic E-state index is 13.2. The number of nitrogens with zero attached hydrogens (tertiary/aromatic N) is 3. The second kappa shape index (κ2) is 11.1. The van der Waals surface area contributed by atoms with Crippen molar-refractivity contribution in [3.63, 3.8) is 0 Å². The normalized spacial score (nSPS) is 23.6. The maximum atomic E-state index is 13.2. The fraction of sp³-hybridized carbons (Fsp3) is 0.556. The first-order chi connectivity index (χ1) is 18.0. The van der Waals surface area contributed by atoms with Crippen molar-refractivity contribution < 1.29 is 18.3 Å². The zero-order valence-corrected chi connectivity index (χ0v) is 26.0. The van der Waals surface area contributed by atoms with Gasteiger partial charge in [0, 0.05) is 64.2 Å². The van der Waals surface area contributed by atoms with Gasteiger partial charge in [-0.05, 0) is 89.7 Å². The van der Waals surface area contributed by atoms with E-state index >= 15 is 0 Å². The van der Waals surface area contributed by atoms with E-state index in [-0.39, 0.29) is 17.7 Å². The highest BCUT2D eigenvalue weighted by Crippen LogP contribution is 2.49. The fourth-order valence-electron chi connectivity index (χ4n) is 6.42. The average molecular weight is 690 g/mol. The minimum Gasteiger partial charge on any atom is -0.378 e. The number of carbonyl (C=O) groups is 1. The number of aliphatic hydroxyl groups is 1. The van der Waals surface area contributed by atoms with Gasteiger partial charge in [0.15, 0.2) is 0 Å². The molecule has 2 saturated heterocycles. The summed E-state index contributed by atoms with van der Waals surface area (Å²) in [4.78, 5) is 19.8. The fourth-order valence-corrected chi connectivity index (χ4v) is 8.85. The van der Waals surface area contributed by atoms with Crippen molar-refractivity contribution >= 4 is 59.4 Å². The van der Waals surface area contributed by atoms with Crippen molar-refractivity contribution in [2.45, 2.75) is 50.5 Å². The number of likely N-dealkylation sites (tertiary alicyclic amines) is 1. The number of benzene rings is 1. The quantitative estimate of drug-likeness (QED) is 0.494. The highest BCUT2D eigenvalue weighted by molar-refractivity contribution is 9.10. The molecule has 1 aliphatic carbocycles. The Labute approximate surface area is 246 Å². The van der Waals surface area contributed by atoms with E-state index < -0.39 is 15.6 Å². The molecule has 0 spiro atoms. The number of piperidine rings is 2. The number of carbonyl (C=O) groups excluding carboxylic acids is 1. The molecule has 11 heteroatoms. The molecule has 1 N–H and O–H groups in total. The molecule has 2 fully saturated rings. The van der Waals surface area contributed by atoms with Gasteiger partial charge in [-0.15, -0.1) is 0 Å². The van der Waals surface area contributed by atoms with Gasteiger partial charge in [0.05, 0.1) is 11.9 Å². The van der Waals surface area contributed by atoms with Crippen molar-refractivity contribution in [1.29, 1.82) is 0 Å². The van der Waals surface area contributed by atoms with E-state index in [2.05, 4.69) is 31.9 Å². The summed E-state index contributed by atoms with van der Waals surface area (Å²) in [6.45, 7) is 2.10. The summed E-state index contributed by atoms with van der Waals surface area (Å²) in [5.74, 6) is 0.197. The molecule has 2 aliphatic heterocycles. The molecule has 0 bridgehead atoms. The van der Waals surface area contributed by atoms with Gasteiger partial charge < -0.3 is 10.0 Å². The van der Waals surface area contributed by atoms with Crippen molar-refractivity contribution in [3.05, 3.63) is 60.7 Å². The summed E-state index contributed by atoms with van der Waals surface area (Å²) in [7, 11) is -3.18. The van der Waals surface area contributed by atoms with E-state index in [1.54, 1.807) is 6.20 Å². The smallest absolute Gasteiger partial charge is 0.222 e. The lowest BCUT2D eigenvalue weighted by Gasteiger charge is -2.43. The minimum atomic E-state index is -3.18. The summed E-state index contributed by atoms with van der Waals surface area (Å²) in [6, 6.07) is 5.83. The third-order valence-electron chi connectivity index (χ3n) is 8.42. The van der Waals surface area contributed by atoms with Crippen molar-refractivity contribution in [2.75, 3.05) is 32.4 Å². The maximum Gasteiger partial charge on any atom is 0.222 e. The third kappa shape index (κ3) is 5.59. The molecule has 2 aromatic rings. The Bertz CT molecular complexity index is 1340. The topological polar surface area (TPSA) is 90.8 Å². The molecule has 0 saturated carbocycles. The van der Waals surface area contributed by atoms with Crippen LogP contribution in [0.1, 0.15) is 54.5 Å². The van der Waals surface area contributed by atoms with Crippen LogP contribution < -0.4 is 0 Å². The van der Waals surface area contributed by atoms with Gasteiger partial charge in [0.25, 0.3) is 0 Å². The number of sulfonamides is 1. The minimum absolute atomic E-state index is 0.116. The van der Waals surface area contributed by atoms with Gasteiger partial charge in [-0.1, -0.05) is 27.5 Å². The second-order valence-corrected chi connectivity index (χ2v) is 15.0. The molecule has 38 heavy (non-hydrogen) atoms. The van der Waals surface area contributed by atoms with Gasteiger partial charge in [0.2, 0.25) is 15.9 Å². The van der Waals surface area contributed by atoms with Crippen molar-refractivity contribution in [3.8, 4) is 0 Å². The Morgan fingerprint density at radius 2 is 1.74 bits per heavy atom. The van der Waals surface area contributed by atoms with Gasteiger partial charge in [-0.25, -0.2) is 12.7 Å². The summed E-state index contributed by atoms with van der Waals surface area (Å²) in [5, 5.41) is 13.2. The largest absolute Gasteiger partial charge is 0.378 e. The van der Waals surface area contributed by atoms with Crippen LogP contribution in [0.15, 0.2) is 33.3 Å². The molecule has 1 atom stereocenters. The van der Waals surface area contributed by atoms with Crippen LogP contribution in [0.5, 0.6) is 0 Å². The number of rotatable bonds is 4. The number of pyridine rings is 1.